The van der Waals surface area contributed by atoms with Gasteiger partial charge in [-0.1, -0.05) is 0 Å². The minimum Gasteiger partial charge on any atom is -0.459 e. The fourth-order valence-corrected chi connectivity index (χ4v) is 4.30. The van der Waals surface area contributed by atoms with E-state index in [1.165, 1.54) is 17.6 Å². The summed E-state index contributed by atoms with van der Waals surface area (Å²) in [7, 11) is 0. The Bertz CT molecular complexity index is 1080. The molecule has 1 fully saturated rings. The van der Waals surface area contributed by atoms with E-state index in [2.05, 4.69) is 15.2 Å². The molecule has 1 aromatic carbocycles. The Morgan fingerprint density at radius 1 is 1.09 bits per heavy atom. The van der Waals surface area contributed by atoms with Crippen molar-refractivity contribution in [1.29, 1.82) is 0 Å². The molecule has 2 amide bonds. The predicted octanol–water partition coefficient (Wildman–Crippen LogP) is 3.47. The summed E-state index contributed by atoms with van der Waals surface area (Å²) in [6.45, 7) is 4.39. The Hall–Kier alpha value is -3.46. The minimum atomic E-state index is -0.346. The highest BCUT2D eigenvalue weighted by Crippen LogP contribution is 2.20. The van der Waals surface area contributed by atoms with Crippen molar-refractivity contribution in [3.8, 4) is 0 Å². The van der Waals surface area contributed by atoms with E-state index in [1.807, 2.05) is 34.5 Å². The molecule has 0 atom stereocenters. The number of aryl methyl sites for hydroxylation is 1. The van der Waals surface area contributed by atoms with E-state index in [0.717, 1.165) is 24.5 Å². The third-order valence-corrected chi connectivity index (χ3v) is 6.19. The van der Waals surface area contributed by atoms with Crippen LogP contribution in [0.15, 0.2) is 52.5 Å². The number of carbonyl (C=O) groups is 3. The number of Topliss-reactive ketones (excluding diaryl/α,β-unsaturated/α-hetero) is 1. The first-order valence-corrected chi connectivity index (χ1v) is 11.3. The normalized spacial score (nSPS) is 13.8. The molecule has 1 aliphatic heterocycles. The van der Waals surface area contributed by atoms with Gasteiger partial charge in [0.05, 0.1) is 12.0 Å². The number of amides is 2. The van der Waals surface area contributed by atoms with Crippen molar-refractivity contribution >= 4 is 39.8 Å². The van der Waals surface area contributed by atoms with E-state index in [-0.39, 0.29) is 23.4 Å². The summed E-state index contributed by atoms with van der Waals surface area (Å²) in [5.74, 6) is 0.0384. The molecule has 1 N–H and O–H groups in total. The van der Waals surface area contributed by atoms with Gasteiger partial charge in [-0.25, -0.2) is 4.98 Å². The van der Waals surface area contributed by atoms with E-state index < -0.39 is 0 Å². The number of anilines is 2. The van der Waals surface area contributed by atoms with Crippen molar-refractivity contribution in [3.05, 3.63) is 65.1 Å². The van der Waals surface area contributed by atoms with Gasteiger partial charge >= 0.3 is 0 Å². The Morgan fingerprint density at radius 2 is 1.84 bits per heavy atom. The summed E-state index contributed by atoms with van der Waals surface area (Å²) < 4.78 is 5.07. The number of hydrogen-bond donors (Lipinski definition) is 1. The first kappa shape index (κ1) is 21.8. The van der Waals surface area contributed by atoms with E-state index in [1.54, 1.807) is 19.1 Å². The highest BCUT2D eigenvalue weighted by atomic mass is 32.1. The highest BCUT2D eigenvalue weighted by molar-refractivity contribution is 7.13. The zero-order chi connectivity index (χ0) is 22.5. The Labute approximate surface area is 189 Å². The van der Waals surface area contributed by atoms with Gasteiger partial charge in [0.1, 0.15) is 0 Å². The predicted molar refractivity (Wildman–Crippen MR) is 122 cm³/mol. The van der Waals surface area contributed by atoms with Gasteiger partial charge in [0.25, 0.3) is 5.91 Å². The number of furan rings is 1. The molecule has 166 valence electrons. The number of carbonyl (C=O) groups excluding carboxylic acids is 3. The lowest BCUT2D eigenvalue weighted by Crippen LogP contribution is -2.48. The molecule has 3 heterocycles. The SMILES string of the molecule is CC(=O)c1ccc(N2CCN(C(=O)CCc3csc(NC(=O)c4ccco4)n3)CC2)cc1. The van der Waals surface area contributed by atoms with Crippen molar-refractivity contribution in [2.75, 3.05) is 36.4 Å². The van der Waals surface area contributed by atoms with E-state index in [9.17, 15) is 14.4 Å². The van der Waals surface area contributed by atoms with Gasteiger partial charge in [0.2, 0.25) is 5.91 Å². The topological polar surface area (TPSA) is 95.8 Å². The molecular weight excluding hydrogens is 428 g/mol. The molecule has 1 aliphatic rings. The van der Waals surface area contributed by atoms with Crippen LogP contribution in [0.1, 0.15) is 40.0 Å². The molecular formula is C23H24N4O4S. The minimum absolute atomic E-state index is 0.0547. The summed E-state index contributed by atoms with van der Waals surface area (Å²) >= 11 is 1.33. The standard InChI is InChI=1S/C23H24N4O4S/c1-16(28)17-4-7-19(8-5-17)26-10-12-27(13-11-26)21(29)9-6-18-15-32-23(24-18)25-22(30)20-3-2-14-31-20/h2-5,7-8,14-15H,6,9-13H2,1H3,(H,24,25,30). The van der Waals surface area contributed by atoms with Gasteiger partial charge < -0.3 is 14.2 Å². The molecule has 2 aromatic heterocycles. The molecule has 9 heteroatoms. The maximum absolute atomic E-state index is 12.6. The summed E-state index contributed by atoms with van der Waals surface area (Å²) in [5.41, 5.74) is 2.55. The number of piperazine rings is 1. The maximum Gasteiger partial charge on any atom is 0.293 e. The van der Waals surface area contributed by atoms with Gasteiger partial charge in [-0.2, -0.15) is 0 Å². The van der Waals surface area contributed by atoms with Crippen molar-refractivity contribution < 1.29 is 18.8 Å². The first-order chi connectivity index (χ1) is 15.5. The Kier molecular flexibility index (Phi) is 6.65. The molecule has 0 aliphatic carbocycles. The van der Waals surface area contributed by atoms with Crippen LogP contribution in [0.2, 0.25) is 0 Å². The van der Waals surface area contributed by atoms with E-state index in [0.29, 0.717) is 36.6 Å². The summed E-state index contributed by atoms with van der Waals surface area (Å²) in [6, 6.07) is 10.8. The molecule has 0 bridgehead atoms. The van der Waals surface area contributed by atoms with Crippen LogP contribution in [0.5, 0.6) is 0 Å². The Morgan fingerprint density at radius 3 is 2.50 bits per heavy atom. The van der Waals surface area contributed by atoms with Crippen LogP contribution in [0.3, 0.4) is 0 Å². The van der Waals surface area contributed by atoms with Gasteiger partial charge in [-0.15, -0.1) is 11.3 Å². The van der Waals surface area contributed by atoms with Crippen LogP contribution < -0.4 is 10.2 Å². The molecule has 8 nitrogen and oxygen atoms in total. The third-order valence-electron chi connectivity index (χ3n) is 5.38. The van der Waals surface area contributed by atoms with Crippen molar-refractivity contribution in [3.63, 3.8) is 0 Å². The number of ketones is 1. The second-order valence-electron chi connectivity index (χ2n) is 7.55. The van der Waals surface area contributed by atoms with Gasteiger partial charge in [-0.3, -0.25) is 19.7 Å². The Balaban J connectivity index is 1.23. The van der Waals surface area contributed by atoms with Gasteiger partial charge in [-0.05, 0) is 49.7 Å². The fraction of sp³-hybridized carbons (Fsp3) is 0.304. The number of hydrogen-bond acceptors (Lipinski definition) is 7. The number of aromatic nitrogens is 1. The van der Waals surface area contributed by atoms with Crippen molar-refractivity contribution in [1.82, 2.24) is 9.88 Å². The summed E-state index contributed by atoms with van der Waals surface area (Å²) in [6.07, 6.45) is 2.35. The van der Waals surface area contributed by atoms with Crippen LogP contribution in [0.4, 0.5) is 10.8 Å². The number of thiazole rings is 1. The third kappa shape index (κ3) is 5.23. The quantitative estimate of drug-likeness (QED) is 0.552. The highest BCUT2D eigenvalue weighted by Gasteiger charge is 2.21. The average Bonchev–Trinajstić information content (AvgIpc) is 3.50. The lowest BCUT2D eigenvalue weighted by molar-refractivity contribution is -0.131. The lowest BCUT2D eigenvalue weighted by atomic mass is 10.1. The monoisotopic (exact) mass is 452 g/mol. The molecule has 0 spiro atoms. The average molecular weight is 453 g/mol. The molecule has 0 radical (unpaired) electrons. The summed E-state index contributed by atoms with van der Waals surface area (Å²) in [5, 5.41) is 5.04. The van der Waals surface area contributed by atoms with Crippen LogP contribution in [0.25, 0.3) is 0 Å². The van der Waals surface area contributed by atoms with Crippen molar-refractivity contribution in [2.45, 2.75) is 19.8 Å². The van der Waals surface area contributed by atoms with Gasteiger partial charge in [0, 0.05) is 49.2 Å². The van der Waals surface area contributed by atoms with Crippen LogP contribution in [0, 0.1) is 0 Å². The maximum atomic E-state index is 12.6. The van der Waals surface area contributed by atoms with Gasteiger partial charge in [0.15, 0.2) is 16.7 Å². The van der Waals surface area contributed by atoms with E-state index >= 15 is 0 Å². The van der Waals surface area contributed by atoms with Crippen LogP contribution in [-0.4, -0.2) is 53.7 Å². The van der Waals surface area contributed by atoms with Crippen LogP contribution >= 0.6 is 11.3 Å². The summed E-state index contributed by atoms with van der Waals surface area (Å²) in [4.78, 5) is 44.6. The number of benzene rings is 1. The van der Waals surface area contributed by atoms with Crippen molar-refractivity contribution in [2.24, 2.45) is 0 Å². The second kappa shape index (κ2) is 9.78. The lowest BCUT2D eigenvalue weighted by Gasteiger charge is -2.36. The number of nitrogens with one attached hydrogen (secondary N) is 1. The molecule has 1 saturated heterocycles. The number of rotatable bonds is 7. The molecule has 0 unspecified atom stereocenters. The smallest absolute Gasteiger partial charge is 0.293 e. The number of nitrogens with zero attached hydrogens (tertiary/aromatic N) is 3. The fourth-order valence-electron chi connectivity index (χ4n) is 3.56. The second-order valence-corrected chi connectivity index (χ2v) is 8.40. The van der Waals surface area contributed by atoms with E-state index in [4.69, 9.17) is 4.42 Å². The zero-order valence-electron chi connectivity index (χ0n) is 17.7. The first-order valence-electron chi connectivity index (χ1n) is 10.4. The molecule has 32 heavy (non-hydrogen) atoms. The van der Waals surface area contributed by atoms with Crippen LogP contribution in [-0.2, 0) is 11.2 Å². The zero-order valence-corrected chi connectivity index (χ0v) is 18.6. The molecule has 3 aromatic rings. The molecule has 0 saturated carbocycles. The largest absolute Gasteiger partial charge is 0.459 e. The molecule has 4 rings (SSSR count).